The van der Waals surface area contributed by atoms with Crippen molar-refractivity contribution in [2.24, 2.45) is 0 Å². The van der Waals surface area contributed by atoms with Crippen LogP contribution in [0.2, 0.25) is 5.02 Å². The number of halogens is 2. The monoisotopic (exact) mass is 324 g/mol. The van der Waals surface area contributed by atoms with Crippen molar-refractivity contribution in [2.45, 2.75) is 0 Å². The molecule has 0 bridgehead atoms. The van der Waals surface area contributed by atoms with Gasteiger partial charge in [-0.3, -0.25) is 0 Å². The first-order valence-corrected chi connectivity index (χ1v) is 7.13. The Morgan fingerprint density at radius 3 is 2.59 bits per heavy atom. The highest BCUT2D eigenvalue weighted by molar-refractivity contribution is 9.10. The quantitative estimate of drug-likeness (QED) is 0.577. The second kappa shape index (κ2) is 4.41. The number of rotatable bonds is 1. The van der Waals surface area contributed by atoms with Gasteiger partial charge in [-0.25, -0.2) is 0 Å². The topological polar surface area (TPSA) is 4.10 Å². The van der Waals surface area contributed by atoms with E-state index in [9.17, 15) is 0 Å². The fourth-order valence-corrected chi connectivity index (χ4v) is 3.06. The molecule has 0 aliphatic rings. The molecule has 0 atom stereocenters. The Balaban J connectivity index is 2.23. The summed E-state index contributed by atoms with van der Waals surface area (Å²) in [6.45, 7) is 0. The number of thiazole rings is 1. The molecule has 2 aromatic heterocycles. The summed E-state index contributed by atoms with van der Waals surface area (Å²) in [7, 11) is 0. The summed E-state index contributed by atoms with van der Waals surface area (Å²) >= 11 is 11.2. The molecule has 0 spiro atoms. The summed E-state index contributed by atoms with van der Waals surface area (Å²) in [5, 5.41) is 2.90. The zero-order valence-electron chi connectivity index (χ0n) is 8.73. The summed E-state index contributed by atoms with van der Waals surface area (Å²) in [5.74, 6) is 0. The maximum atomic E-state index is 6.04. The van der Waals surface area contributed by atoms with Crippen LogP contribution in [0.25, 0.3) is 16.1 Å². The Bertz CT molecular complexity index is 675. The average molecular weight is 326 g/mol. The largest absolute Gasteiger partial charge is 0.267 e. The molecule has 4 heteroatoms. The third kappa shape index (κ3) is 2.10. The maximum Gasteiger partial charge on any atom is 0.267 e. The van der Waals surface area contributed by atoms with Crippen LogP contribution in [-0.2, 0) is 0 Å². The normalized spacial score (nSPS) is 10.9. The summed E-state index contributed by atoms with van der Waals surface area (Å²) in [6, 6.07) is 12.2. The Morgan fingerprint density at radius 1 is 1.06 bits per heavy atom. The molecule has 0 aliphatic heterocycles. The van der Waals surface area contributed by atoms with Crippen molar-refractivity contribution in [1.82, 2.24) is 0 Å². The van der Waals surface area contributed by atoms with E-state index >= 15 is 0 Å². The van der Waals surface area contributed by atoms with Crippen molar-refractivity contribution in [2.75, 3.05) is 0 Å². The lowest BCUT2D eigenvalue weighted by Crippen LogP contribution is -2.20. The van der Waals surface area contributed by atoms with Gasteiger partial charge in [-0.1, -0.05) is 38.9 Å². The molecular weight excluding hydrogens is 318 g/mol. The molecule has 3 aromatic rings. The van der Waals surface area contributed by atoms with Gasteiger partial charge in [0.05, 0.1) is 5.38 Å². The predicted octanol–water partition coefficient (Wildman–Crippen LogP) is 4.57. The first-order chi connectivity index (χ1) is 8.24. The van der Waals surface area contributed by atoms with Crippen LogP contribution in [0, 0.1) is 0 Å². The number of benzene rings is 1. The number of hydrogen-bond acceptors (Lipinski definition) is 1. The van der Waals surface area contributed by atoms with Gasteiger partial charge in [-0.2, -0.15) is 0 Å². The van der Waals surface area contributed by atoms with Crippen LogP contribution in [0.15, 0.2) is 52.4 Å². The molecule has 17 heavy (non-hydrogen) atoms. The molecule has 1 aromatic carbocycles. The van der Waals surface area contributed by atoms with E-state index < -0.39 is 0 Å². The smallest absolute Gasteiger partial charge is 0.149 e. The molecule has 2 heterocycles. The van der Waals surface area contributed by atoms with Crippen LogP contribution < -0.4 is 4.40 Å². The van der Waals surface area contributed by atoms with Crippen LogP contribution in [0.1, 0.15) is 0 Å². The van der Waals surface area contributed by atoms with Gasteiger partial charge in [0.2, 0.25) is 5.69 Å². The molecule has 0 saturated heterocycles. The molecule has 3 rings (SSSR count). The lowest BCUT2D eigenvalue weighted by molar-refractivity contribution is -0.495. The SMILES string of the molecule is Clc1ccc2scc(-c3ccc(Br)cc3)[n+]2c1. The molecule has 0 aliphatic carbocycles. The van der Waals surface area contributed by atoms with Crippen LogP contribution >= 0.6 is 38.9 Å². The number of fused-ring (bicyclic) bond motifs is 1. The highest BCUT2D eigenvalue weighted by atomic mass is 79.9. The molecule has 84 valence electrons. The molecule has 0 radical (unpaired) electrons. The lowest BCUT2D eigenvalue weighted by atomic mass is 10.2. The van der Waals surface area contributed by atoms with Crippen LogP contribution in [0.3, 0.4) is 0 Å². The fraction of sp³-hybridized carbons (Fsp3) is 0. The minimum atomic E-state index is 0.749. The third-order valence-corrected chi connectivity index (χ3v) is 4.23. The van der Waals surface area contributed by atoms with Gasteiger partial charge in [0.15, 0.2) is 6.20 Å². The lowest BCUT2D eigenvalue weighted by Gasteiger charge is -1.95. The van der Waals surface area contributed by atoms with E-state index in [1.54, 1.807) is 11.3 Å². The number of hydrogen-bond donors (Lipinski definition) is 0. The van der Waals surface area contributed by atoms with Gasteiger partial charge in [-0.05, 0) is 30.3 Å². The van der Waals surface area contributed by atoms with E-state index in [0.717, 1.165) is 9.50 Å². The first kappa shape index (κ1) is 11.2. The minimum absolute atomic E-state index is 0.749. The number of pyridine rings is 1. The van der Waals surface area contributed by atoms with E-state index in [-0.39, 0.29) is 0 Å². The van der Waals surface area contributed by atoms with Crippen LogP contribution in [0.5, 0.6) is 0 Å². The maximum absolute atomic E-state index is 6.04. The zero-order chi connectivity index (χ0) is 11.8. The van der Waals surface area contributed by atoms with Gasteiger partial charge in [0.25, 0.3) is 4.83 Å². The summed E-state index contributed by atoms with van der Waals surface area (Å²) in [5.41, 5.74) is 2.35. The molecule has 0 fully saturated rings. The fourth-order valence-electron chi connectivity index (χ4n) is 1.75. The Kier molecular flexibility index (Phi) is 2.90. The summed E-state index contributed by atoms with van der Waals surface area (Å²) < 4.78 is 3.21. The second-order valence-electron chi connectivity index (χ2n) is 3.68. The Hall–Kier alpha value is -0.900. The van der Waals surface area contributed by atoms with Gasteiger partial charge in [0, 0.05) is 16.1 Å². The van der Waals surface area contributed by atoms with Gasteiger partial charge in [0.1, 0.15) is 5.02 Å². The van der Waals surface area contributed by atoms with Crippen molar-refractivity contribution in [1.29, 1.82) is 0 Å². The number of nitrogens with zero attached hydrogens (tertiary/aromatic N) is 1. The van der Waals surface area contributed by atoms with Crippen molar-refractivity contribution < 1.29 is 4.40 Å². The standard InChI is InChI=1S/C13H8BrClNS/c14-10-3-1-9(2-4-10)12-8-17-13-6-5-11(15)7-16(12)13/h1-8H/q+1. The predicted molar refractivity (Wildman–Crippen MR) is 75.6 cm³/mol. The molecule has 0 saturated carbocycles. The summed E-state index contributed by atoms with van der Waals surface area (Å²) in [4.78, 5) is 1.19. The number of aromatic nitrogens is 1. The minimum Gasteiger partial charge on any atom is -0.149 e. The molecule has 1 nitrogen and oxygen atoms in total. The molecular formula is C13H8BrClNS+. The van der Waals surface area contributed by atoms with E-state index in [1.165, 1.54) is 16.1 Å². The van der Waals surface area contributed by atoms with Gasteiger partial charge >= 0.3 is 0 Å². The van der Waals surface area contributed by atoms with Crippen molar-refractivity contribution in [3.8, 4) is 11.3 Å². The van der Waals surface area contributed by atoms with Crippen molar-refractivity contribution >= 4 is 43.7 Å². The Labute approximate surface area is 116 Å². The molecule has 0 N–H and O–H groups in total. The first-order valence-electron chi connectivity index (χ1n) is 5.08. The highest BCUT2D eigenvalue weighted by Crippen LogP contribution is 2.23. The van der Waals surface area contributed by atoms with Crippen molar-refractivity contribution in [3.05, 3.63) is 57.5 Å². The van der Waals surface area contributed by atoms with E-state index in [4.69, 9.17) is 11.6 Å². The third-order valence-electron chi connectivity index (χ3n) is 2.57. The molecule has 0 unspecified atom stereocenters. The van der Waals surface area contributed by atoms with E-state index in [1.807, 2.05) is 30.5 Å². The van der Waals surface area contributed by atoms with Crippen LogP contribution in [0.4, 0.5) is 0 Å². The second-order valence-corrected chi connectivity index (χ2v) is 5.93. The highest BCUT2D eigenvalue weighted by Gasteiger charge is 2.15. The zero-order valence-corrected chi connectivity index (χ0v) is 11.9. The summed E-state index contributed by atoms with van der Waals surface area (Å²) in [6.07, 6.45) is 1.95. The van der Waals surface area contributed by atoms with Crippen LogP contribution in [-0.4, -0.2) is 0 Å². The van der Waals surface area contributed by atoms with Crippen molar-refractivity contribution in [3.63, 3.8) is 0 Å². The van der Waals surface area contributed by atoms with Gasteiger partial charge in [-0.15, -0.1) is 4.40 Å². The molecule has 0 amide bonds. The van der Waals surface area contributed by atoms with Gasteiger partial charge < -0.3 is 0 Å². The van der Waals surface area contributed by atoms with E-state index in [0.29, 0.717) is 0 Å². The van der Waals surface area contributed by atoms with E-state index in [2.05, 4.69) is 37.8 Å². The Morgan fingerprint density at radius 2 is 1.82 bits per heavy atom. The average Bonchev–Trinajstić information content (AvgIpc) is 2.73.